The number of nitrogens with zero attached hydrogens (tertiary/aromatic N) is 5. The first kappa shape index (κ1) is 19.4. The minimum Gasteiger partial charge on any atom is -0.465 e. The molecule has 7 nitrogen and oxygen atoms in total. The maximum atomic E-state index is 14.3. The van der Waals surface area contributed by atoms with Crippen LogP contribution in [0.2, 0.25) is 0 Å². The van der Waals surface area contributed by atoms with Gasteiger partial charge in [-0.05, 0) is 25.8 Å². The van der Waals surface area contributed by atoms with Gasteiger partial charge in [0.2, 0.25) is 11.7 Å². The molecule has 0 radical (unpaired) electrons. The number of halogens is 5. The van der Waals surface area contributed by atoms with Crippen molar-refractivity contribution in [3.05, 3.63) is 36.5 Å². The number of pyridine rings is 1. The van der Waals surface area contributed by atoms with Gasteiger partial charge in [0.05, 0.1) is 18.0 Å². The van der Waals surface area contributed by atoms with Crippen molar-refractivity contribution in [2.24, 2.45) is 0 Å². The molecule has 4 rings (SSSR count). The Balaban J connectivity index is 1.60. The van der Waals surface area contributed by atoms with E-state index in [4.69, 9.17) is 9.47 Å². The summed E-state index contributed by atoms with van der Waals surface area (Å²) in [6, 6.07) is 2.66. The molecule has 154 valence electrons. The van der Waals surface area contributed by atoms with Crippen molar-refractivity contribution in [2.45, 2.75) is 44.3 Å². The molecule has 0 aliphatic heterocycles. The highest BCUT2D eigenvalue weighted by Gasteiger charge is 2.44. The predicted molar refractivity (Wildman–Crippen MR) is 88.2 cm³/mol. The van der Waals surface area contributed by atoms with Gasteiger partial charge in [0.25, 0.3) is 0 Å². The summed E-state index contributed by atoms with van der Waals surface area (Å²) in [5, 5.41) is 7.17. The zero-order valence-corrected chi connectivity index (χ0v) is 14.9. The second-order valence-electron chi connectivity index (χ2n) is 6.55. The second-order valence-corrected chi connectivity index (χ2v) is 6.55. The third-order valence-corrected chi connectivity index (χ3v) is 4.18. The fourth-order valence-electron chi connectivity index (χ4n) is 2.45. The molecule has 0 aromatic carbocycles. The van der Waals surface area contributed by atoms with Gasteiger partial charge in [0.1, 0.15) is 0 Å². The third-order valence-electron chi connectivity index (χ3n) is 4.18. The van der Waals surface area contributed by atoms with Gasteiger partial charge >= 0.3 is 12.3 Å². The van der Waals surface area contributed by atoms with Crippen LogP contribution >= 0.6 is 0 Å². The molecule has 12 heteroatoms. The average molecular weight is 415 g/mol. The standard InChI is InChI=1S/C17H14F5N5O2/c1-9(16(18,19)20)28-14-5-2-10(6-24-14)12-8-27-13(7-23-12)25-26-15(27)17(21,22)29-11-3-4-11/h2,5-9,11H,3-4H2,1H3/t9-/m0/s1. The SMILES string of the molecule is C[C@H](Oc1ccc(-c2cn3c(C(F)(F)OC4CC4)nnc3cn2)cn1)C(F)(F)F. The van der Waals surface area contributed by atoms with Gasteiger partial charge in [-0.2, -0.15) is 22.0 Å². The van der Waals surface area contributed by atoms with E-state index in [2.05, 4.69) is 20.2 Å². The van der Waals surface area contributed by atoms with E-state index < -0.39 is 30.3 Å². The Morgan fingerprint density at radius 2 is 1.83 bits per heavy atom. The number of fused-ring (bicyclic) bond motifs is 1. The van der Waals surface area contributed by atoms with Crippen molar-refractivity contribution < 1.29 is 31.4 Å². The Morgan fingerprint density at radius 3 is 2.45 bits per heavy atom. The molecule has 1 fully saturated rings. The zero-order chi connectivity index (χ0) is 20.8. The van der Waals surface area contributed by atoms with Gasteiger partial charge in [0.15, 0.2) is 11.8 Å². The van der Waals surface area contributed by atoms with Gasteiger partial charge in [-0.25, -0.2) is 4.98 Å². The fourth-order valence-corrected chi connectivity index (χ4v) is 2.45. The van der Waals surface area contributed by atoms with E-state index in [1.54, 1.807) is 0 Å². The molecular formula is C17H14F5N5O2. The number of hydrogen-bond acceptors (Lipinski definition) is 6. The van der Waals surface area contributed by atoms with Crippen molar-refractivity contribution in [1.29, 1.82) is 0 Å². The van der Waals surface area contributed by atoms with Crippen LogP contribution in [0.4, 0.5) is 22.0 Å². The predicted octanol–water partition coefficient (Wildman–Crippen LogP) is 3.74. The topological polar surface area (TPSA) is 74.4 Å². The summed E-state index contributed by atoms with van der Waals surface area (Å²) in [5.74, 6) is -0.913. The monoisotopic (exact) mass is 415 g/mol. The molecule has 0 N–H and O–H groups in total. The number of ether oxygens (including phenoxy) is 2. The van der Waals surface area contributed by atoms with E-state index in [-0.39, 0.29) is 17.2 Å². The highest BCUT2D eigenvalue weighted by atomic mass is 19.4. The van der Waals surface area contributed by atoms with Crippen LogP contribution in [0.15, 0.2) is 30.7 Å². The van der Waals surface area contributed by atoms with Crippen LogP contribution in [-0.4, -0.2) is 43.0 Å². The number of alkyl halides is 5. The Hall–Kier alpha value is -2.89. The van der Waals surface area contributed by atoms with Crippen LogP contribution in [-0.2, 0) is 10.8 Å². The maximum Gasteiger partial charge on any atom is 0.425 e. The molecule has 1 saturated carbocycles. The van der Waals surface area contributed by atoms with E-state index in [9.17, 15) is 22.0 Å². The molecule has 0 saturated heterocycles. The number of rotatable bonds is 6. The molecule has 0 amide bonds. The first-order valence-electron chi connectivity index (χ1n) is 8.60. The van der Waals surface area contributed by atoms with Crippen LogP contribution in [0.3, 0.4) is 0 Å². The molecule has 1 atom stereocenters. The Bertz CT molecular complexity index is 1020. The van der Waals surface area contributed by atoms with Crippen LogP contribution in [0.25, 0.3) is 16.9 Å². The summed E-state index contributed by atoms with van der Waals surface area (Å²) in [7, 11) is 0. The molecule has 0 spiro atoms. The van der Waals surface area contributed by atoms with E-state index in [1.165, 1.54) is 30.7 Å². The van der Waals surface area contributed by atoms with E-state index in [1.807, 2.05) is 0 Å². The quantitative estimate of drug-likeness (QED) is 0.571. The first-order chi connectivity index (χ1) is 13.6. The molecular weight excluding hydrogens is 401 g/mol. The summed E-state index contributed by atoms with van der Waals surface area (Å²) >= 11 is 0. The molecule has 0 bridgehead atoms. The smallest absolute Gasteiger partial charge is 0.425 e. The van der Waals surface area contributed by atoms with Crippen molar-refractivity contribution in [2.75, 3.05) is 0 Å². The second kappa shape index (κ2) is 6.87. The van der Waals surface area contributed by atoms with Gasteiger partial charge in [-0.15, -0.1) is 10.2 Å². The van der Waals surface area contributed by atoms with Crippen molar-refractivity contribution in [3.63, 3.8) is 0 Å². The molecule has 3 aromatic heterocycles. The Morgan fingerprint density at radius 1 is 1.07 bits per heavy atom. The third kappa shape index (κ3) is 4.11. The van der Waals surface area contributed by atoms with Crippen LogP contribution in [0.1, 0.15) is 25.6 Å². The highest BCUT2D eigenvalue weighted by molar-refractivity contribution is 5.59. The highest BCUT2D eigenvalue weighted by Crippen LogP contribution is 2.37. The van der Waals surface area contributed by atoms with Crippen LogP contribution < -0.4 is 4.74 Å². The summed E-state index contributed by atoms with van der Waals surface area (Å²) in [6.45, 7) is 0.864. The lowest BCUT2D eigenvalue weighted by atomic mass is 10.2. The lowest BCUT2D eigenvalue weighted by Crippen LogP contribution is -2.31. The lowest BCUT2D eigenvalue weighted by Gasteiger charge is -2.16. The Labute approximate surface area is 160 Å². The van der Waals surface area contributed by atoms with Gasteiger partial charge in [-0.1, -0.05) is 0 Å². The van der Waals surface area contributed by atoms with E-state index in [0.29, 0.717) is 18.4 Å². The van der Waals surface area contributed by atoms with Crippen molar-refractivity contribution in [3.8, 4) is 17.1 Å². The van der Waals surface area contributed by atoms with Crippen molar-refractivity contribution >= 4 is 5.65 Å². The summed E-state index contributed by atoms with van der Waals surface area (Å²) < 4.78 is 76.9. The minimum absolute atomic E-state index is 0.0923. The number of aromatic nitrogens is 5. The summed E-state index contributed by atoms with van der Waals surface area (Å²) in [6.07, 6.45) is -5.79. The van der Waals surface area contributed by atoms with Gasteiger partial charge in [0, 0.05) is 24.0 Å². The Kier molecular flexibility index (Phi) is 4.60. The molecule has 0 unspecified atom stereocenters. The summed E-state index contributed by atoms with van der Waals surface area (Å²) in [4.78, 5) is 7.93. The average Bonchev–Trinajstić information content (AvgIpc) is 3.34. The molecule has 1 aliphatic rings. The molecule has 3 heterocycles. The zero-order valence-electron chi connectivity index (χ0n) is 14.9. The van der Waals surface area contributed by atoms with E-state index >= 15 is 0 Å². The fraction of sp³-hybridized carbons (Fsp3) is 0.412. The van der Waals surface area contributed by atoms with Crippen LogP contribution in [0.5, 0.6) is 5.88 Å². The molecule has 1 aliphatic carbocycles. The molecule has 3 aromatic rings. The van der Waals surface area contributed by atoms with Gasteiger partial charge in [-0.3, -0.25) is 9.38 Å². The largest absolute Gasteiger partial charge is 0.465 e. The van der Waals surface area contributed by atoms with Crippen molar-refractivity contribution in [1.82, 2.24) is 24.6 Å². The molecule has 29 heavy (non-hydrogen) atoms. The maximum absolute atomic E-state index is 14.3. The van der Waals surface area contributed by atoms with Gasteiger partial charge < -0.3 is 9.47 Å². The first-order valence-corrected chi connectivity index (χ1v) is 8.60. The van der Waals surface area contributed by atoms with Crippen LogP contribution in [0, 0.1) is 0 Å². The summed E-state index contributed by atoms with van der Waals surface area (Å²) in [5.41, 5.74) is 0.711. The normalized spacial score (nSPS) is 16.2. The lowest BCUT2D eigenvalue weighted by molar-refractivity contribution is -0.261. The minimum atomic E-state index is -4.52. The van der Waals surface area contributed by atoms with E-state index in [0.717, 1.165) is 11.3 Å². The number of hydrogen-bond donors (Lipinski definition) is 0.